The summed E-state index contributed by atoms with van der Waals surface area (Å²) in [5.41, 5.74) is 3.45. The van der Waals surface area contributed by atoms with E-state index in [4.69, 9.17) is 4.74 Å². The summed E-state index contributed by atoms with van der Waals surface area (Å²) < 4.78 is 5.63. The van der Waals surface area contributed by atoms with Crippen LogP contribution in [0, 0.1) is 6.92 Å². The molecule has 1 aromatic carbocycles. The van der Waals surface area contributed by atoms with Crippen LogP contribution < -0.4 is 4.74 Å². The van der Waals surface area contributed by atoms with E-state index in [1.807, 2.05) is 6.92 Å². The number of aliphatic hydroxyl groups excluding tert-OH is 1. The highest BCUT2D eigenvalue weighted by atomic mass is 16.5. The fourth-order valence-electron chi connectivity index (χ4n) is 2.11. The zero-order chi connectivity index (χ0) is 11.9. The molecular weight excluding hydrogens is 200 g/mol. The van der Waals surface area contributed by atoms with Crippen molar-refractivity contribution in [2.24, 2.45) is 0 Å². The molecule has 1 unspecified atom stereocenters. The Bertz CT molecular complexity index is 402. The molecule has 2 rings (SSSR count). The fraction of sp³-hybridized carbons (Fsp3) is 0.571. The smallest absolute Gasteiger partial charge is 0.128 e. The highest BCUT2D eigenvalue weighted by molar-refractivity contribution is 5.47. The summed E-state index contributed by atoms with van der Waals surface area (Å²) in [6.07, 6.45) is 0.324. The molecule has 0 bridgehead atoms. The molecule has 0 amide bonds. The minimum Gasteiger partial charge on any atom is -0.493 e. The molecule has 1 atom stereocenters. The molecule has 2 nitrogen and oxygen atoms in total. The normalized spacial score (nSPS) is 20.2. The molecule has 88 valence electrons. The summed E-state index contributed by atoms with van der Waals surface area (Å²) in [5.74, 6) is 0.881. The van der Waals surface area contributed by atoms with E-state index in [-0.39, 0.29) is 11.5 Å². The predicted molar refractivity (Wildman–Crippen MR) is 65.0 cm³/mol. The standard InChI is InChI=1S/C14H20O2/c1-9-7-10(14(2,3)4)8-11-12(15)5-6-16-13(9)11/h7-8,12,15H,5-6H2,1-4H3. The SMILES string of the molecule is Cc1cc(C(C)(C)C)cc2c1OCCC2O. The molecule has 0 aromatic heterocycles. The van der Waals surface area contributed by atoms with Gasteiger partial charge in [0.25, 0.3) is 0 Å². The lowest BCUT2D eigenvalue weighted by Gasteiger charge is -2.28. The Morgan fingerprint density at radius 2 is 2.00 bits per heavy atom. The maximum Gasteiger partial charge on any atom is 0.128 e. The van der Waals surface area contributed by atoms with E-state index in [0.29, 0.717) is 13.0 Å². The van der Waals surface area contributed by atoms with Gasteiger partial charge < -0.3 is 9.84 Å². The Labute approximate surface area is 97.3 Å². The van der Waals surface area contributed by atoms with E-state index in [2.05, 4.69) is 32.9 Å². The lowest BCUT2D eigenvalue weighted by Crippen LogP contribution is -2.18. The van der Waals surface area contributed by atoms with E-state index in [0.717, 1.165) is 16.9 Å². The Kier molecular flexibility index (Phi) is 2.70. The first-order valence-corrected chi connectivity index (χ1v) is 5.85. The van der Waals surface area contributed by atoms with Gasteiger partial charge in [-0.2, -0.15) is 0 Å². The van der Waals surface area contributed by atoms with E-state index < -0.39 is 0 Å². The predicted octanol–water partition coefficient (Wildman–Crippen LogP) is 3.11. The molecular formula is C14H20O2. The van der Waals surface area contributed by atoms with Crippen LogP contribution in [0.25, 0.3) is 0 Å². The van der Waals surface area contributed by atoms with Gasteiger partial charge in [-0.1, -0.05) is 26.8 Å². The van der Waals surface area contributed by atoms with Crippen LogP contribution in [-0.2, 0) is 5.41 Å². The molecule has 1 N–H and O–H groups in total. The third kappa shape index (κ3) is 1.94. The van der Waals surface area contributed by atoms with Crippen molar-refractivity contribution in [1.29, 1.82) is 0 Å². The minimum absolute atomic E-state index is 0.108. The zero-order valence-electron chi connectivity index (χ0n) is 10.5. The average molecular weight is 220 g/mol. The van der Waals surface area contributed by atoms with Crippen LogP contribution >= 0.6 is 0 Å². The van der Waals surface area contributed by atoms with Crippen molar-refractivity contribution in [3.8, 4) is 5.75 Å². The van der Waals surface area contributed by atoms with Crippen molar-refractivity contribution in [2.75, 3.05) is 6.61 Å². The lowest BCUT2D eigenvalue weighted by molar-refractivity contribution is 0.114. The highest BCUT2D eigenvalue weighted by Crippen LogP contribution is 2.38. The first kappa shape index (κ1) is 11.5. The molecule has 1 aliphatic rings. The topological polar surface area (TPSA) is 29.5 Å². The van der Waals surface area contributed by atoms with Gasteiger partial charge in [0.15, 0.2) is 0 Å². The number of rotatable bonds is 0. The van der Waals surface area contributed by atoms with Crippen LogP contribution in [0.4, 0.5) is 0 Å². The van der Waals surface area contributed by atoms with E-state index in [9.17, 15) is 5.11 Å². The zero-order valence-corrected chi connectivity index (χ0v) is 10.5. The van der Waals surface area contributed by atoms with Gasteiger partial charge in [0.1, 0.15) is 5.75 Å². The Hall–Kier alpha value is -1.02. The summed E-state index contributed by atoms with van der Waals surface area (Å²) >= 11 is 0. The molecule has 0 fully saturated rings. The molecule has 2 heteroatoms. The molecule has 1 aliphatic heterocycles. The van der Waals surface area contributed by atoms with Gasteiger partial charge in [0.2, 0.25) is 0 Å². The van der Waals surface area contributed by atoms with Crippen LogP contribution in [0.5, 0.6) is 5.75 Å². The Morgan fingerprint density at radius 3 is 2.62 bits per heavy atom. The van der Waals surface area contributed by atoms with Gasteiger partial charge in [-0.3, -0.25) is 0 Å². The van der Waals surface area contributed by atoms with Crippen LogP contribution in [0.1, 0.15) is 50.0 Å². The molecule has 1 aromatic rings. The van der Waals surface area contributed by atoms with Gasteiger partial charge in [-0.05, 0) is 29.5 Å². The second kappa shape index (κ2) is 3.77. The molecule has 1 heterocycles. The average Bonchev–Trinajstić information content (AvgIpc) is 2.18. The summed E-state index contributed by atoms with van der Waals surface area (Å²) in [6.45, 7) is 9.22. The molecule has 0 radical (unpaired) electrons. The van der Waals surface area contributed by atoms with E-state index >= 15 is 0 Å². The number of hydrogen-bond acceptors (Lipinski definition) is 2. The third-order valence-corrected chi connectivity index (χ3v) is 3.17. The third-order valence-electron chi connectivity index (χ3n) is 3.17. The monoisotopic (exact) mass is 220 g/mol. The molecule has 0 saturated carbocycles. The van der Waals surface area contributed by atoms with Crippen LogP contribution in [0.3, 0.4) is 0 Å². The minimum atomic E-state index is -0.371. The number of aryl methyl sites for hydroxylation is 1. The highest BCUT2D eigenvalue weighted by Gasteiger charge is 2.24. The van der Waals surface area contributed by atoms with Crippen LogP contribution in [0.2, 0.25) is 0 Å². The number of aliphatic hydroxyl groups is 1. The molecule has 0 aliphatic carbocycles. The van der Waals surface area contributed by atoms with Gasteiger partial charge in [-0.15, -0.1) is 0 Å². The maximum atomic E-state index is 10.00. The van der Waals surface area contributed by atoms with Crippen LogP contribution in [0.15, 0.2) is 12.1 Å². The van der Waals surface area contributed by atoms with Crippen molar-refractivity contribution in [1.82, 2.24) is 0 Å². The van der Waals surface area contributed by atoms with Gasteiger partial charge in [0, 0.05) is 12.0 Å². The molecule has 16 heavy (non-hydrogen) atoms. The van der Waals surface area contributed by atoms with Gasteiger partial charge >= 0.3 is 0 Å². The first-order valence-electron chi connectivity index (χ1n) is 5.85. The van der Waals surface area contributed by atoms with Gasteiger partial charge in [-0.25, -0.2) is 0 Å². The summed E-state index contributed by atoms with van der Waals surface area (Å²) in [6, 6.07) is 4.25. The molecule has 0 saturated heterocycles. The van der Waals surface area contributed by atoms with Crippen molar-refractivity contribution in [3.05, 3.63) is 28.8 Å². The first-order chi connectivity index (χ1) is 7.39. The van der Waals surface area contributed by atoms with Crippen molar-refractivity contribution in [2.45, 2.75) is 45.6 Å². The van der Waals surface area contributed by atoms with Crippen molar-refractivity contribution < 1.29 is 9.84 Å². The van der Waals surface area contributed by atoms with Crippen molar-refractivity contribution in [3.63, 3.8) is 0 Å². The quantitative estimate of drug-likeness (QED) is 0.728. The summed E-state index contributed by atoms with van der Waals surface area (Å²) in [4.78, 5) is 0. The molecule has 0 spiro atoms. The second-order valence-corrected chi connectivity index (χ2v) is 5.61. The Morgan fingerprint density at radius 1 is 1.31 bits per heavy atom. The maximum absolute atomic E-state index is 10.00. The van der Waals surface area contributed by atoms with E-state index in [1.165, 1.54) is 5.56 Å². The van der Waals surface area contributed by atoms with E-state index in [1.54, 1.807) is 0 Å². The number of fused-ring (bicyclic) bond motifs is 1. The largest absolute Gasteiger partial charge is 0.493 e. The Balaban J connectivity index is 2.55. The van der Waals surface area contributed by atoms with Crippen LogP contribution in [-0.4, -0.2) is 11.7 Å². The van der Waals surface area contributed by atoms with Crippen molar-refractivity contribution >= 4 is 0 Å². The summed E-state index contributed by atoms with van der Waals surface area (Å²) in [5, 5.41) is 10.00. The number of hydrogen-bond donors (Lipinski definition) is 1. The fourth-order valence-corrected chi connectivity index (χ4v) is 2.11. The second-order valence-electron chi connectivity index (χ2n) is 5.61. The number of ether oxygens (including phenoxy) is 1. The number of benzene rings is 1. The lowest BCUT2D eigenvalue weighted by atomic mass is 9.83. The summed E-state index contributed by atoms with van der Waals surface area (Å²) in [7, 11) is 0. The van der Waals surface area contributed by atoms with Gasteiger partial charge in [0.05, 0.1) is 12.7 Å².